The molecule has 2 rings (SSSR count). The molecule has 1 aromatic rings. The standard InChI is InChI=1S/C15H22ClNO2/c1-11-4-3-7-15(19,8-11)10-17-9-12-5-2-6-13(16)14(12)18/h2,5-6,11,17-19H,3-4,7-10H2,1H3. The molecule has 1 aliphatic carbocycles. The molecule has 0 heterocycles. The summed E-state index contributed by atoms with van der Waals surface area (Å²) in [5.41, 5.74) is 0.159. The van der Waals surface area contributed by atoms with E-state index in [0.717, 1.165) is 24.8 Å². The molecular weight excluding hydrogens is 262 g/mol. The van der Waals surface area contributed by atoms with Gasteiger partial charge in [-0.2, -0.15) is 0 Å². The number of hydrogen-bond donors (Lipinski definition) is 3. The Morgan fingerprint density at radius 1 is 1.47 bits per heavy atom. The van der Waals surface area contributed by atoms with E-state index in [2.05, 4.69) is 12.2 Å². The van der Waals surface area contributed by atoms with Crippen molar-refractivity contribution in [3.8, 4) is 5.75 Å². The molecule has 2 atom stereocenters. The first-order valence-electron chi connectivity index (χ1n) is 6.90. The van der Waals surface area contributed by atoms with Crippen LogP contribution in [0, 0.1) is 5.92 Å². The largest absolute Gasteiger partial charge is 0.506 e. The number of aliphatic hydroxyl groups is 1. The van der Waals surface area contributed by atoms with Crippen molar-refractivity contribution in [2.45, 2.75) is 44.8 Å². The summed E-state index contributed by atoms with van der Waals surface area (Å²) in [6.07, 6.45) is 3.99. The van der Waals surface area contributed by atoms with E-state index in [1.807, 2.05) is 12.1 Å². The second-order valence-corrected chi connectivity index (χ2v) is 6.18. The predicted molar refractivity (Wildman–Crippen MR) is 77.4 cm³/mol. The van der Waals surface area contributed by atoms with Gasteiger partial charge < -0.3 is 15.5 Å². The minimum Gasteiger partial charge on any atom is -0.506 e. The molecule has 0 amide bonds. The molecule has 0 bridgehead atoms. The lowest BCUT2D eigenvalue weighted by Crippen LogP contribution is -2.43. The second-order valence-electron chi connectivity index (χ2n) is 5.78. The van der Waals surface area contributed by atoms with Crippen molar-refractivity contribution >= 4 is 11.6 Å². The van der Waals surface area contributed by atoms with E-state index in [4.69, 9.17) is 11.6 Å². The maximum absolute atomic E-state index is 10.5. The first kappa shape index (κ1) is 14.6. The Balaban J connectivity index is 1.87. The van der Waals surface area contributed by atoms with Crippen molar-refractivity contribution in [1.82, 2.24) is 5.32 Å². The Morgan fingerprint density at radius 3 is 3.00 bits per heavy atom. The van der Waals surface area contributed by atoms with Crippen molar-refractivity contribution in [3.05, 3.63) is 28.8 Å². The lowest BCUT2D eigenvalue weighted by atomic mass is 9.79. The highest BCUT2D eigenvalue weighted by atomic mass is 35.5. The SMILES string of the molecule is CC1CCCC(O)(CNCc2cccc(Cl)c2O)C1. The van der Waals surface area contributed by atoms with Crippen LogP contribution in [0.2, 0.25) is 5.02 Å². The third-order valence-corrected chi connectivity index (χ3v) is 4.21. The third-order valence-electron chi connectivity index (χ3n) is 3.91. The number of aromatic hydroxyl groups is 1. The summed E-state index contributed by atoms with van der Waals surface area (Å²) in [5, 5.41) is 23.9. The molecule has 0 aliphatic heterocycles. The van der Waals surface area contributed by atoms with Gasteiger partial charge in [0.15, 0.2) is 0 Å². The molecule has 19 heavy (non-hydrogen) atoms. The van der Waals surface area contributed by atoms with Crippen molar-refractivity contribution < 1.29 is 10.2 Å². The zero-order valence-corrected chi connectivity index (χ0v) is 12.1. The minimum absolute atomic E-state index is 0.126. The Labute approximate surface area is 119 Å². The van der Waals surface area contributed by atoms with E-state index in [1.165, 1.54) is 6.42 Å². The van der Waals surface area contributed by atoms with E-state index in [9.17, 15) is 10.2 Å². The smallest absolute Gasteiger partial charge is 0.138 e. The van der Waals surface area contributed by atoms with Crippen LogP contribution >= 0.6 is 11.6 Å². The number of halogens is 1. The highest BCUT2D eigenvalue weighted by Gasteiger charge is 2.32. The van der Waals surface area contributed by atoms with Gasteiger partial charge >= 0.3 is 0 Å². The van der Waals surface area contributed by atoms with Crippen molar-refractivity contribution in [2.75, 3.05) is 6.54 Å². The summed E-state index contributed by atoms with van der Waals surface area (Å²) in [6.45, 7) is 3.26. The van der Waals surface area contributed by atoms with Crippen molar-refractivity contribution in [1.29, 1.82) is 0 Å². The maximum Gasteiger partial charge on any atom is 0.138 e. The average Bonchev–Trinajstić information content (AvgIpc) is 2.34. The van der Waals surface area contributed by atoms with Gasteiger partial charge in [0.1, 0.15) is 5.75 Å². The molecule has 1 aromatic carbocycles. The van der Waals surface area contributed by atoms with Crippen LogP contribution in [0.1, 0.15) is 38.2 Å². The quantitative estimate of drug-likeness (QED) is 0.796. The summed E-state index contributed by atoms with van der Waals surface area (Å²) in [5.74, 6) is 0.709. The van der Waals surface area contributed by atoms with Gasteiger partial charge in [0, 0.05) is 18.7 Å². The van der Waals surface area contributed by atoms with E-state index in [-0.39, 0.29) is 5.75 Å². The van der Waals surface area contributed by atoms with E-state index in [0.29, 0.717) is 24.0 Å². The lowest BCUT2D eigenvalue weighted by Gasteiger charge is -2.35. The number of nitrogens with one attached hydrogen (secondary N) is 1. The van der Waals surface area contributed by atoms with Gasteiger partial charge in [-0.25, -0.2) is 0 Å². The van der Waals surface area contributed by atoms with E-state index >= 15 is 0 Å². The molecule has 0 spiro atoms. The normalized spacial score (nSPS) is 27.4. The fourth-order valence-electron chi connectivity index (χ4n) is 2.93. The van der Waals surface area contributed by atoms with Crippen LogP contribution in [0.4, 0.5) is 0 Å². The molecular formula is C15H22ClNO2. The van der Waals surface area contributed by atoms with Crippen LogP contribution in [0.3, 0.4) is 0 Å². The molecule has 3 nitrogen and oxygen atoms in total. The molecule has 2 unspecified atom stereocenters. The van der Waals surface area contributed by atoms with Gasteiger partial charge in [0.05, 0.1) is 10.6 Å². The van der Waals surface area contributed by atoms with Crippen LogP contribution in [0.15, 0.2) is 18.2 Å². The molecule has 1 fully saturated rings. The molecule has 1 aliphatic rings. The van der Waals surface area contributed by atoms with Gasteiger partial charge in [-0.15, -0.1) is 0 Å². The summed E-state index contributed by atoms with van der Waals surface area (Å²) in [6, 6.07) is 5.31. The van der Waals surface area contributed by atoms with Gasteiger partial charge in [0.25, 0.3) is 0 Å². The number of para-hydroxylation sites is 1. The van der Waals surface area contributed by atoms with E-state index in [1.54, 1.807) is 6.07 Å². The summed E-state index contributed by atoms with van der Waals surface area (Å²) in [4.78, 5) is 0. The molecule has 0 aromatic heterocycles. The zero-order valence-electron chi connectivity index (χ0n) is 11.3. The van der Waals surface area contributed by atoms with Gasteiger partial charge in [-0.3, -0.25) is 0 Å². The molecule has 0 saturated heterocycles. The molecule has 1 saturated carbocycles. The first-order chi connectivity index (χ1) is 9.00. The molecule has 4 heteroatoms. The summed E-state index contributed by atoms with van der Waals surface area (Å²) >= 11 is 5.86. The van der Waals surface area contributed by atoms with Crippen molar-refractivity contribution in [2.24, 2.45) is 5.92 Å². The topological polar surface area (TPSA) is 52.5 Å². The van der Waals surface area contributed by atoms with Crippen LogP contribution < -0.4 is 5.32 Å². The highest BCUT2D eigenvalue weighted by molar-refractivity contribution is 6.32. The second kappa shape index (κ2) is 6.12. The number of hydrogen-bond acceptors (Lipinski definition) is 3. The first-order valence-corrected chi connectivity index (χ1v) is 7.27. The van der Waals surface area contributed by atoms with Crippen LogP contribution in [0.25, 0.3) is 0 Å². The highest BCUT2D eigenvalue weighted by Crippen LogP contribution is 2.32. The minimum atomic E-state index is -0.605. The van der Waals surface area contributed by atoms with Crippen LogP contribution in [-0.2, 0) is 6.54 Å². The van der Waals surface area contributed by atoms with Gasteiger partial charge in [0.2, 0.25) is 0 Å². The number of phenolic OH excluding ortho intramolecular Hbond substituents is 1. The molecule has 106 valence electrons. The number of benzene rings is 1. The third kappa shape index (κ3) is 3.85. The summed E-state index contributed by atoms with van der Waals surface area (Å²) in [7, 11) is 0. The maximum atomic E-state index is 10.5. The lowest BCUT2D eigenvalue weighted by molar-refractivity contribution is -0.0119. The Hall–Kier alpha value is -0.770. The fourth-order valence-corrected chi connectivity index (χ4v) is 3.12. The Morgan fingerprint density at radius 2 is 2.26 bits per heavy atom. The monoisotopic (exact) mass is 283 g/mol. The predicted octanol–water partition coefficient (Wildman–Crippen LogP) is 3.08. The average molecular weight is 284 g/mol. The fraction of sp³-hybridized carbons (Fsp3) is 0.600. The Kier molecular flexibility index (Phi) is 4.71. The van der Waals surface area contributed by atoms with Crippen molar-refractivity contribution in [3.63, 3.8) is 0 Å². The number of phenols is 1. The number of rotatable bonds is 4. The van der Waals surface area contributed by atoms with E-state index < -0.39 is 5.60 Å². The Bertz CT molecular complexity index is 438. The van der Waals surface area contributed by atoms with Crippen LogP contribution in [0.5, 0.6) is 5.75 Å². The van der Waals surface area contributed by atoms with Crippen LogP contribution in [-0.4, -0.2) is 22.4 Å². The molecule has 3 N–H and O–H groups in total. The molecule has 0 radical (unpaired) electrons. The van der Waals surface area contributed by atoms with Gasteiger partial charge in [-0.05, 0) is 24.8 Å². The van der Waals surface area contributed by atoms with Gasteiger partial charge in [-0.1, -0.05) is 43.5 Å². The summed E-state index contributed by atoms with van der Waals surface area (Å²) < 4.78 is 0. The zero-order chi connectivity index (χ0) is 13.9.